The van der Waals surface area contributed by atoms with Gasteiger partial charge in [-0.3, -0.25) is 4.79 Å². The SMILES string of the molecule is CN(C(=O)C[NH+]1CCN(c2ccc(O)cc2)CC1)[C@H]1CCCc2ccccc21. The van der Waals surface area contributed by atoms with Crippen LogP contribution >= 0.6 is 0 Å². The number of phenolic OH excluding ortho intramolecular Hbond substituents is 1. The molecule has 0 saturated carbocycles. The van der Waals surface area contributed by atoms with Crippen LogP contribution in [0.4, 0.5) is 5.69 Å². The number of benzene rings is 2. The molecule has 5 heteroatoms. The molecule has 1 saturated heterocycles. The van der Waals surface area contributed by atoms with Crippen molar-refractivity contribution in [2.75, 3.05) is 44.7 Å². The zero-order valence-electron chi connectivity index (χ0n) is 16.6. The highest BCUT2D eigenvalue weighted by Crippen LogP contribution is 2.33. The zero-order valence-corrected chi connectivity index (χ0v) is 16.6. The molecule has 148 valence electrons. The van der Waals surface area contributed by atoms with Gasteiger partial charge in [-0.2, -0.15) is 0 Å². The Kier molecular flexibility index (Phi) is 5.53. The van der Waals surface area contributed by atoms with Gasteiger partial charge >= 0.3 is 0 Å². The molecule has 4 rings (SSSR count). The summed E-state index contributed by atoms with van der Waals surface area (Å²) in [7, 11) is 1.97. The van der Waals surface area contributed by atoms with Crippen molar-refractivity contribution in [2.45, 2.75) is 25.3 Å². The third-order valence-electron chi connectivity index (χ3n) is 6.29. The molecule has 1 aliphatic carbocycles. The summed E-state index contributed by atoms with van der Waals surface area (Å²) in [6.07, 6.45) is 3.33. The number of hydrogen-bond donors (Lipinski definition) is 2. The second-order valence-electron chi connectivity index (χ2n) is 8.04. The maximum Gasteiger partial charge on any atom is 0.278 e. The van der Waals surface area contributed by atoms with E-state index in [0.717, 1.165) is 51.1 Å². The molecule has 0 spiro atoms. The molecular formula is C23H30N3O2+. The highest BCUT2D eigenvalue weighted by molar-refractivity contribution is 5.77. The summed E-state index contributed by atoms with van der Waals surface area (Å²) in [5.41, 5.74) is 3.86. The highest BCUT2D eigenvalue weighted by Gasteiger charge is 2.29. The van der Waals surface area contributed by atoms with Crippen molar-refractivity contribution in [3.05, 3.63) is 59.7 Å². The Morgan fingerprint density at radius 3 is 2.61 bits per heavy atom. The molecule has 5 nitrogen and oxygen atoms in total. The van der Waals surface area contributed by atoms with Gasteiger partial charge in [-0.05, 0) is 54.7 Å². The van der Waals surface area contributed by atoms with Crippen LogP contribution in [0.5, 0.6) is 5.75 Å². The third kappa shape index (κ3) is 3.99. The average Bonchev–Trinajstić information content (AvgIpc) is 2.74. The predicted molar refractivity (Wildman–Crippen MR) is 111 cm³/mol. The number of nitrogens with zero attached hydrogens (tertiary/aromatic N) is 2. The number of aromatic hydroxyl groups is 1. The molecular weight excluding hydrogens is 350 g/mol. The molecule has 2 aromatic carbocycles. The van der Waals surface area contributed by atoms with Crippen molar-refractivity contribution < 1.29 is 14.8 Å². The van der Waals surface area contributed by atoms with Gasteiger partial charge in [0, 0.05) is 12.7 Å². The number of aryl methyl sites for hydroxylation is 1. The monoisotopic (exact) mass is 380 g/mol. The number of carbonyl (C=O) groups is 1. The first-order valence-electron chi connectivity index (χ1n) is 10.3. The number of hydrogen-bond acceptors (Lipinski definition) is 3. The number of nitrogens with one attached hydrogen (secondary N) is 1. The van der Waals surface area contributed by atoms with Gasteiger partial charge in [-0.15, -0.1) is 0 Å². The van der Waals surface area contributed by atoms with Crippen LogP contribution in [0.2, 0.25) is 0 Å². The molecule has 1 amide bonds. The fourth-order valence-corrected chi connectivity index (χ4v) is 4.56. The Bertz CT molecular complexity index is 813. The summed E-state index contributed by atoms with van der Waals surface area (Å²) in [6, 6.07) is 16.2. The van der Waals surface area contributed by atoms with Crippen LogP contribution in [0.3, 0.4) is 0 Å². The van der Waals surface area contributed by atoms with Crippen molar-refractivity contribution in [3.63, 3.8) is 0 Å². The summed E-state index contributed by atoms with van der Waals surface area (Å²) >= 11 is 0. The minimum atomic E-state index is 0.218. The summed E-state index contributed by atoms with van der Waals surface area (Å²) in [5.74, 6) is 0.542. The zero-order chi connectivity index (χ0) is 19.5. The topological polar surface area (TPSA) is 48.2 Å². The van der Waals surface area contributed by atoms with E-state index in [2.05, 4.69) is 29.2 Å². The van der Waals surface area contributed by atoms with Crippen LogP contribution in [-0.2, 0) is 11.2 Å². The number of quaternary nitrogens is 1. The van der Waals surface area contributed by atoms with E-state index >= 15 is 0 Å². The lowest BCUT2D eigenvalue weighted by molar-refractivity contribution is -0.892. The second kappa shape index (κ2) is 8.23. The van der Waals surface area contributed by atoms with Crippen molar-refractivity contribution >= 4 is 11.6 Å². The summed E-state index contributed by atoms with van der Waals surface area (Å²) in [6.45, 7) is 4.36. The van der Waals surface area contributed by atoms with Gasteiger partial charge in [-0.25, -0.2) is 0 Å². The van der Waals surface area contributed by atoms with Crippen LogP contribution in [0.1, 0.15) is 30.0 Å². The first-order valence-corrected chi connectivity index (χ1v) is 10.3. The summed E-state index contributed by atoms with van der Waals surface area (Å²) in [5, 5.41) is 9.45. The molecule has 1 atom stereocenters. The molecule has 2 aromatic rings. The molecule has 1 aliphatic heterocycles. The van der Waals surface area contributed by atoms with E-state index in [1.807, 2.05) is 24.1 Å². The van der Waals surface area contributed by atoms with Crippen molar-refractivity contribution in [2.24, 2.45) is 0 Å². The van der Waals surface area contributed by atoms with E-state index in [9.17, 15) is 9.90 Å². The van der Waals surface area contributed by atoms with Gasteiger partial charge in [0.2, 0.25) is 0 Å². The number of carbonyl (C=O) groups excluding carboxylic acids is 1. The second-order valence-corrected chi connectivity index (χ2v) is 8.04. The van der Waals surface area contributed by atoms with Crippen molar-refractivity contribution in [1.82, 2.24) is 4.90 Å². The smallest absolute Gasteiger partial charge is 0.278 e. The molecule has 0 radical (unpaired) electrons. The predicted octanol–water partition coefficient (Wildman–Crippen LogP) is 1.63. The molecule has 2 N–H and O–H groups in total. The lowest BCUT2D eigenvalue weighted by Gasteiger charge is -2.36. The first-order chi connectivity index (χ1) is 13.6. The fraction of sp³-hybridized carbons (Fsp3) is 0.435. The van der Waals surface area contributed by atoms with Gasteiger partial charge in [-0.1, -0.05) is 24.3 Å². The number of anilines is 1. The van der Waals surface area contributed by atoms with E-state index in [1.54, 1.807) is 12.1 Å². The summed E-state index contributed by atoms with van der Waals surface area (Å²) < 4.78 is 0. The number of rotatable bonds is 4. The van der Waals surface area contributed by atoms with Crippen molar-refractivity contribution in [3.8, 4) is 5.75 Å². The summed E-state index contributed by atoms with van der Waals surface area (Å²) in [4.78, 5) is 18.6. The number of likely N-dealkylation sites (N-methyl/N-ethyl adjacent to an activating group) is 1. The highest BCUT2D eigenvalue weighted by atomic mass is 16.3. The minimum absolute atomic E-state index is 0.218. The Balaban J connectivity index is 1.33. The molecule has 1 heterocycles. The number of fused-ring (bicyclic) bond motifs is 1. The van der Waals surface area contributed by atoms with Gasteiger partial charge in [0.15, 0.2) is 6.54 Å². The number of phenols is 1. The Hall–Kier alpha value is -2.53. The largest absolute Gasteiger partial charge is 0.508 e. The molecule has 2 aliphatic rings. The van der Waals surface area contributed by atoms with E-state index in [4.69, 9.17) is 0 Å². The van der Waals surface area contributed by atoms with Crippen LogP contribution in [-0.4, -0.2) is 55.7 Å². The molecule has 0 bridgehead atoms. The number of amides is 1. The standard InChI is InChI=1S/C23H29N3O2/c1-24(22-8-4-6-18-5-2-3-7-21(18)22)23(28)17-25-13-15-26(16-14-25)19-9-11-20(27)12-10-19/h2-3,5,7,9-12,22,27H,4,6,8,13-17H2,1H3/p+1/t22-/m0/s1. The van der Waals surface area contributed by atoms with E-state index < -0.39 is 0 Å². The van der Waals surface area contributed by atoms with Crippen LogP contribution in [0.15, 0.2) is 48.5 Å². The van der Waals surface area contributed by atoms with E-state index in [-0.39, 0.29) is 11.9 Å². The maximum absolute atomic E-state index is 13.0. The lowest BCUT2D eigenvalue weighted by atomic mass is 9.87. The van der Waals surface area contributed by atoms with Gasteiger partial charge in [0.25, 0.3) is 5.91 Å². The van der Waals surface area contributed by atoms with Gasteiger partial charge in [0.05, 0.1) is 32.2 Å². The number of piperazine rings is 1. The maximum atomic E-state index is 13.0. The van der Waals surface area contributed by atoms with E-state index in [0.29, 0.717) is 12.3 Å². The normalized spacial score (nSPS) is 19.9. The molecule has 0 unspecified atom stereocenters. The Morgan fingerprint density at radius 2 is 1.86 bits per heavy atom. The van der Waals surface area contributed by atoms with Crippen LogP contribution in [0, 0.1) is 0 Å². The third-order valence-corrected chi connectivity index (χ3v) is 6.29. The lowest BCUT2D eigenvalue weighted by Crippen LogP contribution is -3.15. The average molecular weight is 381 g/mol. The van der Waals surface area contributed by atoms with Gasteiger partial charge < -0.3 is 19.8 Å². The van der Waals surface area contributed by atoms with E-state index in [1.165, 1.54) is 16.0 Å². The molecule has 28 heavy (non-hydrogen) atoms. The quantitative estimate of drug-likeness (QED) is 0.848. The molecule has 0 aromatic heterocycles. The van der Waals surface area contributed by atoms with Crippen molar-refractivity contribution in [1.29, 1.82) is 0 Å². The minimum Gasteiger partial charge on any atom is -0.508 e. The van der Waals surface area contributed by atoms with Gasteiger partial charge in [0.1, 0.15) is 5.75 Å². The fourth-order valence-electron chi connectivity index (χ4n) is 4.56. The molecule has 1 fully saturated rings. The van der Waals surface area contributed by atoms with Crippen LogP contribution in [0.25, 0.3) is 0 Å². The first kappa shape index (κ1) is 18.8. The Morgan fingerprint density at radius 1 is 1.14 bits per heavy atom. The van der Waals surface area contributed by atoms with Crippen LogP contribution < -0.4 is 9.80 Å². The Labute approximate surface area is 167 Å².